The predicted octanol–water partition coefficient (Wildman–Crippen LogP) is 3.74. The highest BCUT2D eigenvalue weighted by Crippen LogP contribution is 2.27. The SMILES string of the molecule is Cc1noc(C)c1CSCC(=O)O[C@H](C)c1nc2sc(C)c(C)c2c(=O)[nH]1. The fourth-order valence-electron chi connectivity index (χ4n) is 2.70. The lowest BCUT2D eigenvalue weighted by molar-refractivity contribution is -0.145. The third-order valence-corrected chi connectivity index (χ3v) is 6.43. The number of carbonyl (C=O) groups is 1. The molecule has 0 saturated heterocycles. The number of hydrogen-bond acceptors (Lipinski definition) is 8. The zero-order chi connectivity index (χ0) is 19.7. The van der Waals surface area contributed by atoms with Crippen LogP contribution in [0.4, 0.5) is 0 Å². The van der Waals surface area contributed by atoms with Crippen molar-refractivity contribution >= 4 is 39.3 Å². The van der Waals surface area contributed by atoms with Crippen molar-refractivity contribution in [3.8, 4) is 0 Å². The summed E-state index contributed by atoms with van der Waals surface area (Å²) in [7, 11) is 0. The molecule has 0 aliphatic carbocycles. The van der Waals surface area contributed by atoms with E-state index in [1.54, 1.807) is 6.92 Å². The van der Waals surface area contributed by atoms with Crippen LogP contribution in [0.15, 0.2) is 9.32 Å². The van der Waals surface area contributed by atoms with E-state index in [-0.39, 0.29) is 17.3 Å². The molecule has 0 radical (unpaired) electrons. The van der Waals surface area contributed by atoms with Crippen molar-refractivity contribution in [3.05, 3.63) is 43.6 Å². The van der Waals surface area contributed by atoms with Crippen molar-refractivity contribution in [2.45, 2.75) is 46.5 Å². The highest BCUT2D eigenvalue weighted by atomic mass is 32.2. The number of aryl methyl sites for hydroxylation is 4. The summed E-state index contributed by atoms with van der Waals surface area (Å²) < 4.78 is 10.5. The second-order valence-electron chi connectivity index (χ2n) is 6.34. The number of thiophene rings is 1. The maximum Gasteiger partial charge on any atom is 0.316 e. The number of ether oxygens (including phenoxy) is 1. The maximum absolute atomic E-state index is 12.3. The van der Waals surface area contributed by atoms with Gasteiger partial charge in [-0.2, -0.15) is 0 Å². The summed E-state index contributed by atoms with van der Waals surface area (Å²) in [5.41, 5.74) is 2.57. The number of fused-ring (bicyclic) bond motifs is 1. The van der Waals surface area contributed by atoms with Crippen molar-refractivity contribution in [2.24, 2.45) is 0 Å². The summed E-state index contributed by atoms with van der Waals surface area (Å²) in [6, 6.07) is 0. The van der Waals surface area contributed by atoms with Gasteiger partial charge in [0, 0.05) is 16.2 Å². The van der Waals surface area contributed by atoms with Gasteiger partial charge in [0.25, 0.3) is 5.56 Å². The first-order chi connectivity index (χ1) is 12.8. The average Bonchev–Trinajstić information content (AvgIpc) is 3.07. The lowest BCUT2D eigenvalue weighted by atomic mass is 10.2. The lowest BCUT2D eigenvalue weighted by Crippen LogP contribution is -2.18. The van der Waals surface area contributed by atoms with Gasteiger partial charge in [-0.05, 0) is 40.2 Å². The number of thioether (sulfide) groups is 1. The normalized spacial score (nSPS) is 12.5. The molecule has 1 atom stereocenters. The molecule has 0 aliphatic rings. The summed E-state index contributed by atoms with van der Waals surface area (Å²) in [4.78, 5) is 33.4. The molecule has 0 spiro atoms. The van der Waals surface area contributed by atoms with E-state index < -0.39 is 6.10 Å². The minimum absolute atomic E-state index is 0.193. The van der Waals surface area contributed by atoms with Gasteiger partial charge in [-0.25, -0.2) is 4.98 Å². The van der Waals surface area contributed by atoms with Gasteiger partial charge in [0.15, 0.2) is 11.9 Å². The quantitative estimate of drug-likeness (QED) is 0.622. The van der Waals surface area contributed by atoms with Crippen LogP contribution in [-0.4, -0.2) is 26.8 Å². The third kappa shape index (κ3) is 4.08. The topological polar surface area (TPSA) is 98.1 Å². The Kier molecular flexibility index (Phi) is 5.71. The molecule has 9 heteroatoms. The fraction of sp³-hybridized carbons (Fsp3) is 0.444. The Labute approximate surface area is 164 Å². The molecule has 0 fully saturated rings. The number of nitrogens with zero attached hydrogens (tertiary/aromatic N) is 2. The van der Waals surface area contributed by atoms with Crippen LogP contribution in [0.2, 0.25) is 0 Å². The molecule has 3 rings (SSSR count). The van der Waals surface area contributed by atoms with Crippen molar-refractivity contribution < 1.29 is 14.1 Å². The van der Waals surface area contributed by atoms with Gasteiger partial charge in [0.2, 0.25) is 0 Å². The highest BCUT2D eigenvalue weighted by molar-refractivity contribution is 7.99. The Bertz CT molecular complexity index is 1030. The molecular weight excluding hydrogens is 386 g/mol. The van der Waals surface area contributed by atoms with Crippen molar-refractivity contribution in [1.29, 1.82) is 0 Å². The molecule has 0 bridgehead atoms. The molecule has 0 amide bonds. The van der Waals surface area contributed by atoms with Crippen LogP contribution < -0.4 is 5.56 Å². The summed E-state index contributed by atoms with van der Waals surface area (Å²) in [6.45, 7) is 9.29. The van der Waals surface area contributed by atoms with Crippen LogP contribution in [0.3, 0.4) is 0 Å². The zero-order valence-electron chi connectivity index (χ0n) is 15.8. The molecule has 144 valence electrons. The van der Waals surface area contributed by atoms with Crippen LogP contribution in [-0.2, 0) is 15.3 Å². The van der Waals surface area contributed by atoms with Crippen LogP contribution >= 0.6 is 23.1 Å². The first-order valence-corrected chi connectivity index (χ1v) is 10.4. The van der Waals surface area contributed by atoms with E-state index >= 15 is 0 Å². The van der Waals surface area contributed by atoms with Gasteiger partial charge in [0.1, 0.15) is 10.6 Å². The lowest BCUT2D eigenvalue weighted by Gasteiger charge is -2.12. The Balaban J connectivity index is 1.63. The van der Waals surface area contributed by atoms with E-state index in [9.17, 15) is 9.59 Å². The van der Waals surface area contributed by atoms with Crippen LogP contribution in [0.1, 0.15) is 46.3 Å². The number of nitrogens with one attached hydrogen (secondary N) is 1. The molecule has 3 heterocycles. The van der Waals surface area contributed by atoms with Crippen molar-refractivity contribution in [1.82, 2.24) is 15.1 Å². The fourth-order valence-corrected chi connectivity index (χ4v) is 4.69. The first kappa shape index (κ1) is 19.6. The molecule has 0 aromatic carbocycles. The Morgan fingerprint density at radius 3 is 2.74 bits per heavy atom. The van der Waals surface area contributed by atoms with Gasteiger partial charge in [-0.1, -0.05) is 5.16 Å². The zero-order valence-corrected chi connectivity index (χ0v) is 17.5. The number of rotatable bonds is 6. The smallest absolute Gasteiger partial charge is 0.316 e. The summed E-state index contributed by atoms with van der Waals surface area (Å²) in [5, 5.41) is 4.50. The molecule has 27 heavy (non-hydrogen) atoms. The van der Waals surface area contributed by atoms with E-state index in [1.165, 1.54) is 23.1 Å². The number of aromatic amines is 1. The Hall–Kier alpha value is -2.13. The number of H-pyrrole nitrogens is 1. The Morgan fingerprint density at radius 2 is 2.07 bits per heavy atom. The molecule has 1 N–H and O–H groups in total. The Morgan fingerprint density at radius 1 is 1.33 bits per heavy atom. The second kappa shape index (κ2) is 7.85. The summed E-state index contributed by atoms with van der Waals surface area (Å²) >= 11 is 2.90. The van der Waals surface area contributed by atoms with Crippen LogP contribution in [0.25, 0.3) is 10.2 Å². The molecule has 0 saturated carbocycles. The number of esters is 1. The van der Waals surface area contributed by atoms with Gasteiger partial charge in [-0.15, -0.1) is 23.1 Å². The van der Waals surface area contributed by atoms with Gasteiger partial charge in [0.05, 0.1) is 16.8 Å². The maximum atomic E-state index is 12.3. The van der Waals surface area contributed by atoms with E-state index in [0.717, 1.165) is 27.5 Å². The first-order valence-electron chi connectivity index (χ1n) is 8.46. The van der Waals surface area contributed by atoms with Crippen molar-refractivity contribution in [2.75, 3.05) is 5.75 Å². The van der Waals surface area contributed by atoms with Crippen LogP contribution in [0.5, 0.6) is 0 Å². The highest BCUT2D eigenvalue weighted by Gasteiger charge is 2.18. The molecule has 7 nitrogen and oxygen atoms in total. The minimum Gasteiger partial charge on any atom is -0.454 e. The molecular formula is C18H21N3O4S2. The monoisotopic (exact) mass is 407 g/mol. The third-order valence-electron chi connectivity index (χ3n) is 4.40. The van der Waals surface area contributed by atoms with Crippen LogP contribution in [0, 0.1) is 27.7 Å². The number of hydrogen-bond donors (Lipinski definition) is 1. The molecule has 3 aromatic heterocycles. The largest absolute Gasteiger partial charge is 0.454 e. The number of aromatic nitrogens is 3. The molecule has 3 aromatic rings. The average molecular weight is 408 g/mol. The predicted molar refractivity (Wildman–Crippen MR) is 106 cm³/mol. The van der Waals surface area contributed by atoms with Crippen molar-refractivity contribution in [3.63, 3.8) is 0 Å². The van der Waals surface area contributed by atoms with E-state index in [0.29, 0.717) is 21.8 Å². The molecule has 0 aliphatic heterocycles. The van der Waals surface area contributed by atoms with Gasteiger partial charge in [-0.3, -0.25) is 9.59 Å². The van der Waals surface area contributed by atoms with E-state index in [2.05, 4.69) is 15.1 Å². The summed E-state index contributed by atoms with van der Waals surface area (Å²) in [5.74, 6) is 1.58. The van der Waals surface area contributed by atoms with Gasteiger partial charge >= 0.3 is 5.97 Å². The number of carbonyl (C=O) groups excluding carboxylic acids is 1. The standard InChI is InChI=1S/C18H21N3O4S2/c1-8-12(5)27-18-15(8)17(23)19-16(20-18)11(4)24-14(22)7-26-6-13-9(2)21-25-10(13)3/h11H,6-7H2,1-5H3,(H,19,20,23)/t11-/m1/s1. The van der Waals surface area contributed by atoms with E-state index in [4.69, 9.17) is 9.26 Å². The van der Waals surface area contributed by atoms with Gasteiger partial charge < -0.3 is 14.2 Å². The van der Waals surface area contributed by atoms with E-state index in [1.807, 2.05) is 27.7 Å². The molecule has 0 unspecified atom stereocenters. The second-order valence-corrected chi connectivity index (χ2v) is 8.53. The minimum atomic E-state index is -0.628. The summed E-state index contributed by atoms with van der Waals surface area (Å²) in [6.07, 6.45) is -0.628.